The molecule has 0 bridgehead atoms. The van der Waals surface area contributed by atoms with Crippen molar-refractivity contribution in [1.29, 1.82) is 0 Å². The van der Waals surface area contributed by atoms with Gasteiger partial charge in [-0.1, -0.05) is 35.9 Å². The molecule has 1 unspecified atom stereocenters. The maximum atomic E-state index is 11.7. The van der Waals surface area contributed by atoms with Gasteiger partial charge >= 0.3 is 6.03 Å². The third-order valence-corrected chi connectivity index (χ3v) is 3.83. The molecule has 6 heteroatoms. The molecule has 4 N–H and O–H groups in total. The molecular weight excluding hydrogens is 328 g/mol. The van der Waals surface area contributed by atoms with Crippen molar-refractivity contribution in [2.45, 2.75) is 18.9 Å². The number of aryl methyl sites for hydroxylation is 1. The second-order valence-electron chi connectivity index (χ2n) is 5.47. The van der Waals surface area contributed by atoms with E-state index in [2.05, 4.69) is 10.6 Å². The zero-order valence-corrected chi connectivity index (χ0v) is 14.0. The largest absolute Gasteiger partial charge is 0.508 e. The first-order chi connectivity index (χ1) is 11.5. The van der Waals surface area contributed by atoms with E-state index in [0.717, 1.165) is 18.4 Å². The van der Waals surface area contributed by atoms with Gasteiger partial charge in [0.05, 0.1) is 6.10 Å². The molecule has 2 rings (SSSR count). The lowest BCUT2D eigenvalue weighted by atomic mass is 10.1. The number of nitrogens with one attached hydrogen (secondary N) is 2. The highest BCUT2D eigenvalue weighted by atomic mass is 35.5. The summed E-state index contributed by atoms with van der Waals surface area (Å²) in [5, 5.41) is 25.2. The highest BCUT2D eigenvalue weighted by molar-refractivity contribution is 6.30. The zero-order valence-electron chi connectivity index (χ0n) is 13.2. The van der Waals surface area contributed by atoms with Gasteiger partial charge in [-0.3, -0.25) is 0 Å². The van der Waals surface area contributed by atoms with E-state index < -0.39 is 6.10 Å². The Balaban J connectivity index is 1.62. The van der Waals surface area contributed by atoms with E-state index in [0.29, 0.717) is 17.1 Å². The zero-order chi connectivity index (χ0) is 17.4. The SMILES string of the molecule is O=C(NCCCc1ccc(O)cc1)NCC(O)c1ccc(Cl)cc1. The number of amides is 2. The van der Waals surface area contributed by atoms with Crippen LogP contribution in [0.3, 0.4) is 0 Å². The third-order valence-electron chi connectivity index (χ3n) is 3.57. The summed E-state index contributed by atoms with van der Waals surface area (Å²) < 4.78 is 0. The Labute approximate surface area is 146 Å². The second kappa shape index (κ2) is 9.15. The van der Waals surface area contributed by atoms with Crippen LogP contribution in [0.15, 0.2) is 48.5 Å². The van der Waals surface area contributed by atoms with Crippen LogP contribution in [0.5, 0.6) is 5.75 Å². The van der Waals surface area contributed by atoms with Crippen LogP contribution in [0.25, 0.3) is 0 Å². The number of phenols is 1. The van der Waals surface area contributed by atoms with E-state index in [4.69, 9.17) is 11.6 Å². The molecule has 0 saturated heterocycles. The molecule has 2 aromatic carbocycles. The standard InChI is InChI=1S/C18H21ClN2O3/c19-15-7-5-14(6-8-15)17(23)12-21-18(24)20-11-1-2-13-3-9-16(22)10-4-13/h3-10,17,22-23H,1-2,11-12H2,(H2,20,21,24). The number of carbonyl (C=O) groups is 1. The average Bonchev–Trinajstić information content (AvgIpc) is 2.59. The average molecular weight is 349 g/mol. The lowest BCUT2D eigenvalue weighted by molar-refractivity contribution is 0.173. The van der Waals surface area contributed by atoms with Gasteiger partial charge in [-0.25, -0.2) is 4.79 Å². The first-order valence-corrected chi connectivity index (χ1v) is 8.15. The van der Waals surface area contributed by atoms with Crippen molar-refractivity contribution in [1.82, 2.24) is 10.6 Å². The van der Waals surface area contributed by atoms with Crippen LogP contribution in [-0.2, 0) is 6.42 Å². The molecule has 2 amide bonds. The van der Waals surface area contributed by atoms with E-state index in [1.165, 1.54) is 0 Å². The van der Waals surface area contributed by atoms with Gasteiger partial charge in [0.15, 0.2) is 0 Å². The number of phenolic OH excluding ortho intramolecular Hbond substituents is 1. The van der Waals surface area contributed by atoms with Crippen LogP contribution in [0, 0.1) is 0 Å². The smallest absolute Gasteiger partial charge is 0.314 e. The van der Waals surface area contributed by atoms with Crippen LogP contribution >= 0.6 is 11.6 Å². The minimum Gasteiger partial charge on any atom is -0.508 e. The Hall–Kier alpha value is -2.24. The first-order valence-electron chi connectivity index (χ1n) is 7.78. The summed E-state index contributed by atoms with van der Waals surface area (Å²) in [6.45, 7) is 0.662. The molecule has 5 nitrogen and oxygen atoms in total. The Morgan fingerprint density at radius 1 is 1.04 bits per heavy atom. The summed E-state index contributed by atoms with van der Waals surface area (Å²) in [4.78, 5) is 11.7. The maximum Gasteiger partial charge on any atom is 0.314 e. The van der Waals surface area contributed by atoms with Crippen molar-refractivity contribution in [2.75, 3.05) is 13.1 Å². The molecule has 0 aromatic heterocycles. The fraction of sp³-hybridized carbons (Fsp3) is 0.278. The van der Waals surface area contributed by atoms with Crippen LogP contribution in [0.1, 0.15) is 23.7 Å². The Kier molecular flexibility index (Phi) is 6.90. The van der Waals surface area contributed by atoms with Gasteiger partial charge in [-0.2, -0.15) is 0 Å². The Morgan fingerprint density at radius 3 is 2.38 bits per heavy atom. The molecule has 128 valence electrons. The van der Waals surface area contributed by atoms with Crippen LogP contribution in [0.4, 0.5) is 4.79 Å². The molecule has 0 spiro atoms. The lowest BCUT2D eigenvalue weighted by Gasteiger charge is -2.13. The minimum atomic E-state index is -0.773. The number of benzene rings is 2. The molecule has 0 aliphatic heterocycles. The minimum absolute atomic E-state index is 0.130. The topological polar surface area (TPSA) is 81.6 Å². The Morgan fingerprint density at radius 2 is 1.71 bits per heavy atom. The van der Waals surface area contributed by atoms with Crippen molar-refractivity contribution in [2.24, 2.45) is 0 Å². The van der Waals surface area contributed by atoms with Crippen LogP contribution in [-0.4, -0.2) is 29.3 Å². The number of hydrogen-bond acceptors (Lipinski definition) is 3. The third kappa shape index (κ3) is 6.10. The van der Waals surface area contributed by atoms with Crippen molar-refractivity contribution >= 4 is 17.6 Å². The number of aromatic hydroxyl groups is 1. The lowest BCUT2D eigenvalue weighted by Crippen LogP contribution is -2.38. The summed E-state index contributed by atoms with van der Waals surface area (Å²) in [6, 6.07) is 13.5. The fourth-order valence-electron chi connectivity index (χ4n) is 2.21. The first kappa shape index (κ1) is 18.1. The summed E-state index contributed by atoms with van der Waals surface area (Å²) in [5.41, 5.74) is 1.81. The second-order valence-corrected chi connectivity index (χ2v) is 5.91. The predicted molar refractivity (Wildman–Crippen MR) is 94.2 cm³/mol. The predicted octanol–water partition coefficient (Wildman–Crippen LogP) is 3.01. The van der Waals surface area contributed by atoms with Crippen molar-refractivity contribution < 1.29 is 15.0 Å². The normalized spacial score (nSPS) is 11.8. The molecule has 2 aromatic rings. The molecule has 24 heavy (non-hydrogen) atoms. The van der Waals surface area contributed by atoms with Crippen molar-refractivity contribution in [3.05, 3.63) is 64.7 Å². The van der Waals surface area contributed by atoms with Crippen LogP contribution in [0.2, 0.25) is 5.02 Å². The number of rotatable bonds is 7. The van der Waals surface area contributed by atoms with Gasteiger partial charge in [-0.15, -0.1) is 0 Å². The summed E-state index contributed by atoms with van der Waals surface area (Å²) in [5.74, 6) is 0.246. The van der Waals surface area contributed by atoms with E-state index in [1.807, 2.05) is 12.1 Å². The van der Waals surface area contributed by atoms with E-state index in [-0.39, 0.29) is 18.3 Å². The number of hydrogen-bond donors (Lipinski definition) is 4. The number of halogens is 1. The molecule has 0 saturated carbocycles. The molecule has 0 aliphatic carbocycles. The molecule has 0 radical (unpaired) electrons. The van der Waals surface area contributed by atoms with Gasteiger partial charge in [0.2, 0.25) is 0 Å². The Bertz CT molecular complexity index is 644. The molecule has 0 fully saturated rings. The van der Waals surface area contributed by atoms with E-state index >= 15 is 0 Å². The summed E-state index contributed by atoms with van der Waals surface area (Å²) in [7, 11) is 0. The monoisotopic (exact) mass is 348 g/mol. The summed E-state index contributed by atoms with van der Waals surface area (Å²) in [6.07, 6.45) is 0.830. The maximum absolute atomic E-state index is 11.7. The van der Waals surface area contributed by atoms with E-state index in [1.54, 1.807) is 36.4 Å². The highest BCUT2D eigenvalue weighted by Gasteiger charge is 2.09. The quantitative estimate of drug-likeness (QED) is 0.580. The van der Waals surface area contributed by atoms with Gasteiger partial charge in [0.1, 0.15) is 5.75 Å². The summed E-state index contributed by atoms with van der Waals surface area (Å²) >= 11 is 5.79. The molecule has 0 heterocycles. The number of aliphatic hydroxyl groups excluding tert-OH is 1. The van der Waals surface area contributed by atoms with Crippen molar-refractivity contribution in [3.8, 4) is 5.75 Å². The number of carbonyl (C=O) groups excluding carboxylic acids is 1. The molecular formula is C18H21ClN2O3. The fourth-order valence-corrected chi connectivity index (χ4v) is 2.34. The van der Waals surface area contributed by atoms with Crippen molar-refractivity contribution in [3.63, 3.8) is 0 Å². The number of aliphatic hydroxyl groups is 1. The van der Waals surface area contributed by atoms with E-state index in [9.17, 15) is 15.0 Å². The van der Waals surface area contributed by atoms with Gasteiger partial charge in [0, 0.05) is 18.1 Å². The van der Waals surface area contributed by atoms with Gasteiger partial charge in [-0.05, 0) is 48.2 Å². The van der Waals surface area contributed by atoms with Crippen LogP contribution < -0.4 is 10.6 Å². The number of urea groups is 1. The van der Waals surface area contributed by atoms with Gasteiger partial charge in [0.25, 0.3) is 0 Å². The molecule has 1 atom stereocenters. The van der Waals surface area contributed by atoms with Gasteiger partial charge < -0.3 is 20.8 Å². The highest BCUT2D eigenvalue weighted by Crippen LogP contribution is 2.15. The molecule has 0 aliphatic rings.